The second-order valence-electron chi connectivity index (χ2n) is 9.66. The van der Waals surface area contributed by atoms with Gasteiger partial charge in [-0.3, -0.25) is 4.79 Å². The molecule has 2 aliphatic heterocycles. The predicted molar refractivity (Wildman–Crippen MR) is 122 cm³/mol. The van der Waals surface area contributed by atoms with Gasteiger partial charge in [0.15, 0.2) is 0 Å². The van der Waals surface area contributed by atoms with Crippen LogP contribution in [0.3, 0.4) is 0 Å². The summed E-state index contributed by atoms with van der Waals surface area (Å²) in [5, 5.41) is 20.1. The van der Waals surface area contributed by atoms with Crippen LogP contribution in [0, 0.1) is 23.2 Å². The lowest BCUT2D eigenvalue weighted by molar-refractivity contribution is -0.133. The molecule has 3 aliphatic rings. The standard InChI is InChI=1S/C25H28N6O3/c1-15(2)21-7-16(9-26)3-4-18(21)14-34-25(33)31-12-19-10-30(11-20(19)13-31)24(32)17-5-6-22-23(8-17)28-29-27-22/h3-4,7,10,15,17,20H,5-6,8,11-14H2,1-2H3,(H,27,28,29)/t17?,20-/m0/s1. The number of H-pyrrole nitrogens is 1. The first-order valence-corrected chi connectivity index (χ1v) is 11.8. The molecule has 2 amide bonds. The van der Waals surface area contributed by atoms with E-state index in [1.165, 1.54) is 0 Å². The topological polar surface area (TPSA) is 115 Å². The van der Waals surface area contributed by atoms with Gasteiger partial charge in [0.05, 0.1) is 23.0 Å². The molecule has 1 aromatic heterocycles. The van der Waals surface area contributed by atoms with Gasteiger partial charge in [-0.2, -0.15) is 20.7 Å². The van der Waals surface area contributed by atoms with Crippen molar-refractivity contribution < 1.29 is 14.3 Å². The lowest BCUT2D eigenvalue weighted by atomic mass is 9.89. The Morgan fingerprint density at radius 3 is 2.85 bits per heavy atom. The van der Waals surface area contributed by atoms with Crippen molar-refractivity contribution in [1.29, 1.82) is 5.26 Å². The zero-order chi connectivity index (χ0) is 23.8. The number of nitriles is 1. The maximum Gasteiger partial charge on any atom is 0.410 e. The molecule has 3 heterocycles. The fourth-order valence-corrected chi connectivity index (χ4v) is 5.20. The van der Waals surface area contributed by atoms with Gasteiger partial charge in [-0.15, -0.1) is 0 Å². The summed E-state index contributed by atoms with van der Waals surface area (Å²) in [6, 6.07) is 7.63. The Bertz CT molecular complexity index is 1190. The minimum absolute atomic E-state index is 0.0723. The van der Waals surface area contributed by atoms with Crippen LogP contribution in [0.15, 0.2) is 30.0 Å². The van der Waals surface area contributed by atoms with Crippen LogP contribution in [0.2, 0.25) is 0 Å². The largest absolute Gasteiger partial charge is 0.445 e. The maximum absolute atomic E-state index is 13.1. The van der Waals surface area contributed by atoms with Crippen molar-refractivity contribution in [3.05, 3.63) is 58.1 Å². The number of benzene rings is 1. The average molecular weight is 461 g/mol. The number of aromatic nitrogens is 3. The van der Waals surface area contributed by atoms with Crippen LogP contribution >= 0.6 is 0 Å². The quantitative estimate of drug-likeness (QED) is 0.750. The molecule has 34 heavy (non-hydrogen) atoms. The van der Waals surface area contributed by atoms with Crippen LogP contribution in [0.25, 0.3) is 0 Å². The van der Waals surface area contributed by atoms with Crippen molar-refractivity contribution in [2.75, 3.05) is 19.6 Å². The SMILES string of the molecule is CC(C)c1cc(C#N)ccc1COC(=O)N1CC2=CN(C(=O)C3CCc4n[nH]nc4C3)C[C@H]2C1. The number of rotatable bonds is 4. The molecule has 5 rings (SSSR count). The lowest BCUT2D eigenvalue weighted by Gasteiger charge is -2.25. The monoisotopic (exact) mass is 460 g/mol. The van der Waals surface area contributed by atoms with E-state index in [-0.39, 0.29) is 36.4 Å². The van der Waals surface area contributed by atoms with Crippen LogP contribution in [0.1, 0.15) is 54.3 Å². The molecule has 1 unspecified atom stereocenters. The molecule has 2 atom stereocenters. The number of likely N-dealkylation sites (tertiary alicyclic amines) is 1. The summed E-state index contributed by atoms with van der Waals surface area (Å²) in [5.74, 6) is 0.439. The summed E-state index contributed by atoms with van der Waals surface area (Å²) in [4.78, 5) is 29.3. The Kier molecular flexibility index (Phi) is 5.82. The Morgan fingerprint density at radius 2 is 2.09 bits per heavy atom. The van der Waals surface area contributed by atoms with Crippen molar-refractivity contribution in [3.8, 4) is 6.07 Å². The number of amides is 2. The third-order valence-electron chi connectivity index (χ3n) is 7.09. The first-order valence-electron chi connectivity index (χ1n) is 11.8. The van der Waals surface area contributed by atoms with Crippen LogP contribution in [0.5, 0.6) is 0 Å². The van der Waals surface area contributed by atoms with Crippen LogP contribution in [0.4, 0.5) is 4.79 Å². The molecule has 1 saturated heterocycles. The van der Waals surface area contributed by atoms with Gasteiger partial charge in [-0.25, -0.2) is 4.79 Å². The van der Waals surface area contributed by atoms with E-state index in [0.29, 0.717) is 31.6 Å². The molecular weight excluding hydrogens is 432 g/mol. The van der Waals surface area contributed by atoms with Gasteiger partial charge in [0.2, 0.25) is 5.91 Å². The normalized spacial score (nSPS) is 21.2. The predicted octanol–water partition coefficient (Wildman–Crippen LogP) is 2.90. The molecule has 0 spiro atoms. The van der Waals surface area contributed by atoms with Crippen molar-refractivity contribution in [2.24, 2.45) is 11.8 Å². The Balaban J connectivity index is 1.17. The summed E-state index contributed by atoms with van der Waals surface area (Å²) in [5.41, 5.74) is 5.50. The highest BCUT2D eigenvalue weighted by Gasteiger charge is 2.40. The van der Waals surface area contributed by atoms with Crippen LogP contribution in [-0.2, 0) is 29.0 Å². The van der Waals surface area contributed by atoms with Gasteiger partial charge in [0, 0.05) is 44.1 Å². The second kappa shape index (κ2) is 8.93. The highest BCUT2D eigenvalue weighted by atomic mass is 16.6. The van der Waals surface area contributed by atoms with Crippen molar-refractivity contribution >= 4 is 12.0 Å². The molecule has 0 saturated carbocycles. The Morgan fingerprint density at radius 1 is 1.26 bits per heavy atom. The first-order chi connectivity index (χ1) is 16.4. The number of hydrogen-bond acceptors (Lipinski definition) is 6. The summed E-state index contributed by atoms with van der Waals surface area (Å²) < 4.78 is 5.62. The van der Waals surface area contributed by atoms with E-state index in [1.54, 1.807) is 11.0 Å². The highest BCUT2D eigenvalue weighted by Crippen LogP contribution is 2.33. The van der Waals surface area contributed by atoms with E-state index in [4.69, 9.17) is 10.00 Å². The van der Waals surface area contributed by atoms with E-state index in [0.717, 1.165) is 40.9 Å². The van der Waals surface area contributed by atoms with Gasteiger partial charge >= 0.3 is 6.09 Å². The van der Waals surface area contributed by atoms with Gasteiger partial charge in [0.25, 0.3) is 0 Å². The number of carbonyl (C=O) groups excluding carboxylic acids is 2. The number of nitrogens with one attached hydrogen (secondary N) is 1. The van der Waals surface area contributed by atoms with E-state index < -0.39 is 0 Å². The first kappa shape index (κ1) is 22.1. The molecule has 0 bridgehead atoms. The zero-order valence-electron chi connectivity index (χ0n) is 19.5. The molecule has 0 radical (unpaired) electrons. The Labute approximate surface area is 198 Å². The van der Waals surface area contributed by atoms with Gasteiger partial charge in [0.1, 0.15) is 6.61 Å². The smallest absolute Gasteiger partial charge is 0.410 e. The fourth-order valence-electron chi connectivity index (χ4n) is 5.20. The molecule has 1 N–H and O–H groups in total. The lowest BCUT2D eigenvalue weighted by Crippen LogP contribution is -2.37. The number of hydrogen-bond donors (Lipinski definition) is 1. The van der Waals surface area contributed by atoms with E-state index in [1.807, 2.05) is 23.2 Å². The molecule has 2 aromatic rings. The maximum atomic E-state index is 13.1. The number of aryl methyl sites for hydroxylation is 1. The third kappa shape index (κ3) is 4.16. The van der Waals surface area contributed by atoms with E-state index >= 15 is 0 Å². The average Bonchev–Trinajstić information content (AvgIpc) is 3.56. The Hall–Kier alpha value is -3.67. The van der Waals surface area contributed by atoms with E-state index in [2.05, 4.69) is 35.3 Å². The second-order valence-corrected chi connectivity index (χ2v) is 9.66. The summed E-state index contributed by atoms with van der Waals surface area (Å²) in [6.07, 6.45) is 3.76. The van der Waals surface area contributed by atoms with E-state index in [9.17, 15) is 9.59 Å². The van der Waals surface area contributed by atoms with Crippen molar-refractivity contribution in [2.45, 2.75) is 45.6 Å². The van der Waals surface area contributed by atoms with Crippen molar-refractivity contribution in [1.82, 2.24) is 25.2 Å². The highest BCUT2D eigenvalue weighted by molar-refractivity contribution is 5.81. The molecule has 176 valence electrons. The number of aromatic amines is 1. The minimum atomic E-state index is -0.349. The van der Waals surface area contributed by atoms with Gasteiger partial charge in [-0.1, -0.05) is 19.9 Å². The third-order valence-corrected chi connectivity index (χ3v) is 7.09. The molecule has 1 aromatic carbocycles. The fraction of sp³-hybridized carbons (Fsp3) is 0.480. The van der Waals surface area contributed by atoms with Crippen LogP contribution < -0.4 is 0 Å². The summed E-state index contributed by atoms with van der Waals surface area (Å²) >= 11 is 0. The van der Waals surface area contributed by atoms with Crippen molar-refractivity contribution in [3.63, 3.8) is 0 Å². The van der Waals surface area contributed by atoms with Gasteiger partial charge < -0.3 is 14.5 Å². The summed E-state index contributed by atoms with van der Waals surface area (Å²) in [7, 11) is 0. The molecule has 9 nitrogen and oxygen atoms in total. The van der Waals surface area contributed by atoms with Crippen LogP contribution in [-0.4, -0.2) is 56.8 Å². The number of ether oxygens (including phenoxy) is 1. The molecular formula is C25H28N6O3. The zero-order valence-corrected chi connectivity index (χ0v) is 19.5. The molecule has 9 heteroatoms. The molecule has 1 fully saturated rings. The molecule has 1 aliphatic carbocycles. The number of fused-ring (bicyclic) bond motifs is 2. The minimum Gasteiger partial charge on any atom is -0.445 e. The number of nitrogens with zero attached hydrogens (tertiary/aromatic N) is 5. The number of carbonyl (C=O) groups is 2. The van der Waals surface area contributed by atoms with Gasteiger partial charge in [-0.05, 0) is 47.6 Å². The summed E-state index contributed by atoms with van der Waals surface area (Å²) in [6.45, 7) is 5.93.